The molecule has 3 atom stereocenters. The number of allylic oxidation sites excluding steroid dienone is 6. The zero-order valence-corrected chi connectivity index (χ0v) is 22.6. The second-order valence-corrected chi connectivity index (χ2v) is 9.92. The molecule has 4 heteroatoms. The third-order valence-corrected chi connectivity index (χ3v) is 7.74. The van der Waals surface area contributed by atoms with Crippen molar-refractivity contribution >= 4 is 20.6 Å². The van der Waals surface area contributed by atoms with Crippen molar-refractivity contribution < 1.29 is 5.11 Å². The van der Waals surface area contributed by atoms with Gasteiger partial charge in [-0.15, -0.1) is 0 Å². The molecule has 0 aromatic rings. The summed E-state index contributed by atoms with van der Waals surface area (Å²) in [4.78, 5) is 4.50. The van der Waals surface area contributed by atoms with Gasteiger partial charge in [-0.3, -0.25) is 4.99 Å². The first-order valence-corrected chi connectivity index (χ1v) is 12.7. The third kappa shape index (κ3) is 7.75. The van der Waals surface area contributed by atoms with Gasteiger partial charge in [0.15, 0.2) is 0 Å². The van der Waals surface area contributed by atoms with E-state index in [9.17, 15) is 5.11 Å². The summed E-state index contributed by atoms with van der Waals surface area (Å²) >= 11 is 3.74. The Morgan fingerprint density at radius 2 is 1.87 bits per heavy atom. The van der Waals surface area contributed by atoms with Crippen LogP contribution in [-0.2, 0) is 0 Å². The van der Waals surface area contributed by atoms with E-state index in [0.717, 1.165) is 53.9 Å². The van der Waals surface area contributed by atoms with Crippen molar-refractivity contribution in [2.45, 2.75) is 93.1 Å². The van der Waals surface area contributed by atoms with E-state index in [4.69, 9.17) is 5.73 Å². The minimum absolute atomic E-state index is 0.314. The van der Waals surface area contributed by atoms with Gasteiger partial charge < -0.3 is 10.8 Å². The van der Waals surface area contributed by atoms with E-state index in [2.05, 4.69) is 68.5 Å². The molecule has 0 saturated heterocycles. The Bertz CT molecular complexity index is 747. The molecule has 0 aromatic carbocycles. The lowest BCUT2D eigenvalue weighted by molar-refractivity contribution is 0.238. The number of aliphatic hydroxyl groups is 1. The summed E-state index contributed by atoms with van der Waals surface area (Å²) in [7, 11) is 1.83. The van der Waals surface area contributed by atoms with Gasteiger partial charge in [0.1, 0.15) is 4.62 Å². The van der Waals surface area contributed by atoms with Gasteiger partial charge in [0.25, 0.3) is 0 Å². The Hall–Kier alpha value is -1.13. The monoisotopic (exact) mass is 492 g/mol. The SMILES string of the molecule is C/C=C(/C)[C@H](C)/C(=C(C(\N)=C(/C)CC)/C(Br)=N\C)C(CC)CCC1CC(=CC(C)O)C1. The highest BCUT2D eigenvalue weighted by Gasteiger charge is 2.29. The first-order valence-electron chi connectivity index (χ1n) is 11.9. The predicted molar refractivity (Wildman–Crippen MR) is 141 cm³/mol. The van der Waals surface area contributed by atoms with Gasteiger partial charge in [0, 0.05) is 18.3 Å². The third-order valence-electron chi connectivity index (χ3n) is 6.99. The summed E-state index contributed by atoms with van der Waals surface area (Å²) in [6.07, 6.45) is 10.6. The summed E-state index contributed by atoms with van der Waals surface area (Å²) in [6, 6.07) is 0. The first kappa shape index (κ1) is 27.9. The van der Waals surface area contributed by atoms with Crippen LogP contribution in [0.3, 0.4) is 0 Å². The molecule has 2 unspecified atom stereocenters. The quantitative estimate of drug-likeness (QED) is 0.178. The summed E-state index contributed by atoms with van der Waals surface area (Å²) in [5.74, 6) is 1.51. The molecule has 0 spiro atoms. The molecule has 1 fully saturated rings. The lowest BCUT2D eigenvalue weighted by Crippen LogP contribution is -2.23. The fraction of sp³-hybridized carbons (Fsp3) is 0.667. The average molecular weight is 494 g/mol. The van der Waals surface area contributed by atoms with Crippen LogP contribution in [0.5, 0.6) is 0 Å². The Balaban J connectivity index is 3.36. The van der Waals surface area contributed by atoms with Crippen LogP contribution < -0.4 is 5.73 Å². The van der Waals surface area contributed by atoms with Crippen LogP contribution in [0, 0.1) is 17.8 Å². The van der Waals surface area contributed by atoms with Crippen molar-refractivity contribution in [2.24, 2.45) is 28.5 Å². The van der Waals surface area contributed by atoms with Crippen LogP contribution in [0.4, 0.5) is 0 Å². The van der Waals surface area contributed by atoms with Gasteiger partial charge in [-0.2, -0.15) is 0 Å². The van der Waals surface area contributed by atoms with Crippen LogP contribution >= 0.6 is 15.9 Å². The number of nitrogens with zero attached hydrogens (tertiary/aromatic N) is 1. The van der Waals surface area contributed by atoms with Crippen molar-refractivity contribution in [1.29, 1.82) is 0 Å². The van der Waals surface area contributed by atoms with Crippen LogP contribution in [0.25, 0.3) is 0 Å². The van der Waals surface area contributed by atoms with Crippen LogP contribution in [0.2, 0.25) is 0 Å². The molecule has 31 heavy (non-hydrogen) atoms. The summed E-state index contributed by atoms with van der Waals surface area (Å²) in [5.41, 5.74) is 14.1. The topological polar surface area (TPSA) is 58.6 Å². The molecule has 0 amide bonds. The van der Waals surface area contributed by atoms with Crippen molar-refractivity contribution in [3.05, 3.63) is 45.7 Å². The van der Waals surface area contributed by atoms with Crippen LogP contribution in [0.1, 0.15) is 87.0 Å². The van der Waals surface area contributed by atoms with Crippen LogP contribution in [0.15, 0.2) is 50.7 Å². The molecule has 1 aliphatic rings. The standard InChI is InChI=1S/C27H45BrN2O/c1-9-17(4)20(7)24(25(27(28)30-8)26(29)18(5)10-2)23(11-3)13-12-21-15-22(16-21)14-19(6)31/h9,14,19-21,23,31H,10-13,15-16,29H2,1-8H3/b17-9-,22-14?,25-24-,26-18-,30-27+/t19?,20-,21?,23?/m0/s1. The number of aliphatic hydroxyl groups excluding tert-OH is 1. The Kier molecular flexibility index (Phi) is 12.1. The summed E-state index contributed by atoms with van der Waals surface area (Å²) in [5, 5.41) is 9.57. The van der Waals surface area contributed by atoms with E-state index in [1.54, 1.807) is 0 Å². The van der Waals surface area contributed by atoms with Crippen molar-refractivity contribution in [1.82, 2.24) is 0 Å². The highest BCUT2D eigenvalue weighted by atomic mass is 79.9. The molecule has 1 rings (SSSR count). The summed E-state index contributed by atoms with van der Waals surface area (Å²) < 4.78 is 0.854. The fourth-order valence-corrected chi connectivity index (χ4v) is 4.99. The fourth-order valence-electron chi connectivity index (χ4n) is 4.55. The largest absolute Gasteiger partial charge is 0.398 e. The van der Waals surface area contributed by atoms with Crippen molar-refractivity contribution in [2.75, 3.05) is 7.05 Å². The molecular formula is C27H45BrN2O. The molecule has 1 aliphatic carbocycles. The zero-order chi connectivity index (χ0) is 23.7. The van der Waals surface area contributed by atoms with Gasteiger partial charge in [-0.05, 0) is 111 Å². The smallest absolute Gasteiger partial charge is 0.109 e. The lowest BCUT2D eigenvalue weighted by atomic mass is 9.72. The number of rotatable bonds is 11. The molecule has 3 nitrogen and oxygen atoms in total. The number of hydrogen-bond donors (Lipinski definition) is 2. The second-order valence-electron chi connectivity index (χ2n) is 9.17. The maximum absolute atomic E-state index is 9.57. The van der Waals surface area contributed by atoms with Gasteiger partial charge in [-0.25, -0.2) is 0 Å². The number of nitrogens with two attached hydrogens (primary N) is 1. The molecule has 0 aromatic heterocycles. The predicted octanol–water partition coefficient (Wildman–Crippen LogP) is 7.47. The Labute approximate surface area is 199 Å². The van der Waals surface area contributed by atoms with E-state index >= 15 is 0 Å². The van der Waals surface area contributed by atoms with Crippen LogP contribution in [-0.4, -0.2) is 22.9 Å². The van der Waals surface area contributed by atoms with Gasteiger partial charge in [0.2, 0.25) is 0 Å². The summed E-state index contributed by atoms with van der Waals surface area (Å²) in [6.45, 7) is 15.1. The van der Waals surface area contributed by atoms with Gasteiger partial charge >= 0.3 is 0 Å². The van der Waals surface area contributed by atoms with E-state index in [1.165, 1.54) is 28.7 Å². The highest BCUT2D eigenvalue weighted by Crippen LogP contribution is 2.41. The minimum Gasteiger partial charge on any atom is -0.398 e. The second kappa shape index (κ2) is 13.4. The van der Waals surface area contributed by atoms with E-state index in [-0.39, 0.29) is 6.10 Å². The van der Waals surface area contributed by atoms with Gasteiger partial charge in [-0.1, -0.05) is 44.1 Å². The molecule has 0 aliphatic heterocycles. The first-order chi connectivity index (χ1) is 14.6. The molecule has 3 N–H and O–H groups in total. The molecule has 0 heterocycles. The average Bonchev–Trinajstić information content (AvgIpc) is 2.73. The lowest BCUT2D eigenvalue weighted by Gasteiger charge is -2.34. The number of aliphatic imine (C=N–C) groups is 1. The Morgan fingerprint density at radius 1 is 1.26 bits per heavy atom. The molecule has 176 valence electrons. The van der Waals surface area contributed by atoms with Crippen molar-refractivity contribution in [3.8, 4) is 0 Å². The molecule has 0 radical (unpaired) electrons. The van der Waals surface area contributed by atoms with E-state index < -0.39 is 0 Å². The normalized spacial score (nSPS) is 22.3. The maximum Gasteiger partial charge on any atom is 0.109 e. The molecule has 1 saturated carbocycles. The van der Waals surface area contributed by atoms with E-state index in [0.29, 0.717) is 11.8 Å². The highest BCUT2D eigenvalue weighted by molar-refractivity contribution is 9.18. The number of halogens is 1. The Morgan fingerprint density at radius 3 is 2.32 bits per heavy atom. The molecular weight excluding hydrogens is 448 g/mol. The van der Waals surface area contributed by atoms with Crippen molar-refractivity contribution in [3.63, 3.8) is 0 Å². The zero-order valence-electron chi connectivity index (χ0n) is 21.1. The molecule has 0 bridgehead atoms. The maximum atomic E-state index is 9.57. The van der Waals surface area contributed by atoms with Gasteiger partial charge in [0.05, 0.1) is 6.10 Å². The number of hydrogen-bond acceptors (Lipinski definition) is 3. The van der Waals surface area contributed by atoms with E-state index in [1.807, 2.05) is 20.0 Å². The minimum atomic E-state index is -0.330.